The Bertz CT molecular complexity index is 409. The number of nitrogens with one attached hydrogen (secondary N) is 1. The number of carbonyl (C=O) groups is 1. The van der Waals surface area contributed by atoms with Crippen LogP contribution in [0.2, 0.25) is 0 Å². The van der Waals surface area contributed by atoms with E-state index < -0.39 is 6.04 Å². The van der Waals surface area contributed by atoms with E-state index in [1.165, 1.54) is 6.08 Å². The number of amides is 1. The molecule has 1 atom stereocenters. The van der Waals surface area contributed by atoms with Gasteiger partial charge in [-0.25, -0.2) is 0 Å². The van der Waals surface area contributed by atoms with Gasteiger partial charge in [0.2, 0.25) is 5.91 Å². The van der Waals surface area contributed by atoms with E-state index in [0.29, 0.717) is 5.75 Å². The third-order valence-electron chi connectivity index (χ3n) is 2.22. The van der Waals surface area contributed by atoms with Crippen LogP contribution in [-0.4, -0.2) is 30.3 Å². The van der Waals surface area contributed by atoms with Crippen molar-refractivity contribution in [2.45, 2.75) is 12.5 Å². The fourth-order valence-electron chi connectivity index (χ4n) is 1.28. The lowest BCUT2D eigenvalue weighted by Gasteiger charge is -2.12. The SMILES string of the molecule is C=C[C@H](CO)NC(=O)CCOc1cccc(Br)c1. The van der Waals surface area contributed by atoms with Gasteiger partial charge in [0.25, 0.3) is 0 Å². The van der Waals surface area contributed by atoms with Crippen molar-refractivity contribution in [1.82, 2.24) is 5.32 Å². The van der Waals surface area contributed by atoms with Crippen LogP contribution in [0, 0.1) is 0 Å². The number of aliphatic hydroxyl groups excluding tert-OH is 1. The summed E-state index contributed by atoms with van der Waals surface area (Å²) in [5, 5.41) is 11.5. The number of carbonyl (C=O) groups excluding carboxylic acids is 1. The van der Waals surface area contributed by atoms with Crippen LogP contribution in [0.5, 0.6) is 5.75 Å². The van der Waals surface area contributed by atoms with Crippen molar-refractivity contribution in [3.8, 4) is 5.75 Å². The van der Waals surface area contributed by atoms with E-state index in [9.17, 15) is 4.79 Å². The summed E-state index contributed by atoms with van der Waals surface area (Å²) in [5.74, 6) is 0.531. The van der Waals surface area contributed by atoms with Gasteiger partial charge in [0.1, 0.15) is 5.75 Å². The minimum atomic E-state index is -0.400. The van der Waals surface area contributed by atoms with Crippen molar-refractivity contribution in [3.05, 3.63) is 41.4 Å². The minimum absolute atomic E-state index is 0.151. The largest absolute Gasteiger partial charge is 0.493 e. The zero-order chi connectivity index (χ0) is 13.4. The van der Waals surface area contributed by atoms with Crippen LogP contribution in [0.15, 0.2) is 41.4 Å². The molecule has 0 aliphatic rings. The lowest BCUT2D eigenvalue weighted by Crippen LogP contribution is -2.36. The second-order valence-corrected chi connectivity index (χ2v) is 4.56. The number of rotatable bonds is 7. The maximum atomic E-state index is 11.5. The van der Waals surface area contributed by atoms with Crippen LogP contribution >= 0.6 is 15.9 Å². The topological polar surface area (TPSA) is 58.6 Å². The van der Waals surface area contributed by atoms with Gasteiger partial charge in [-0.3, -0.25) is 4.79 Å². The highest BCUT2D eigenvalue weighted by Gasteiger charge is 2.07. The lowest BCUT2D eigenvalue weighted by molar-refractivity contribution is -0.122. The molecule has 0 heterocycles. The highest BCUT2D eigenvalue weighted by Crippen LogP contribution is 2.17. The molecule has 98 valence electrons. The quantitative estimate of drug-likeness (QED) is 0.756. The first-order valence-electron chi connectivity index (χ1n) is 5.57. The predicted molar refractivity (Wildman–Crippen MR) is 73.5 cm³/mol. The van der Waals surface area contributed by atoms with Crippen LogP contribution in [-0.2, 0) is 4.79 Å². The van der Waals surface area contributed by atoms with Gasteiger partial charge in [-0.15, -0.1) is 6.58 Å². The number of hydrogen-bond acceptors (Lipinski definition) is 3. The Morgan fingerprint density at radius 2 is 2.39 bits per heavy atom. The third kappa shape index (κ3) is 5.33. The number of hydrogen-bond donors (Lipinski definition) is 2. The van der Waals surface area contributed by atoms with Gasteiger partial charge in [-0.1, -0.05) is 28.1 Å². The minimum Gasteiger partial charge on any atom is -0.493 e. The van der Waals surface area contributed by atoms with Gasteiger partial charge in [0.15, 0.2) is 0 Å². The van der Waals surface area contributed by atoms with E-state index in [4.69, 9.17) is 9.84 Å². The average molecular weight is 314 g/mol. The molecule has 1 amide bonds. The van der Waals surface area contributed by atoms with Crippen LogP contribution in [0.1, 0.15) is 6.42 Å². The molecular weight excluding hydrogens is 298 g/mol. The second kappa shape index (κ2) is 7.89. The van der Waals surface area contributed by atoms with Crippen LogP contribution in [0.3, 0.4) is 0 Å². The number of halogens is 1. The molecule has 2 N–H and O–H groups in total. The highest BCUT2D eigenvalue weighted by molar-refractivity contribution is 9.10. The molecule has 1 aromatic rings. The maximum Gasteiger partial charge on any atom is 0.223 e. The van der Waals surface area contributed by atoms with Gasteiger partial charge in [-0.05, 0) is 18.2 Å². The summed E-state index contributed by atoms with van der Waals surface area (Å²) in [5.41, 5.74) is 0. The number of benzene rings is 1. The zero-order valence-corrected chi connectivity index (χ0v) is 11.5. The monoisotopic (exact) mass is 313 g/mol. The number of aliphatic hydroxyl groups is 1. The molecule has 0 unspecified atom stereocenters. The fraction of sp³-hybridized carbons (Fsp3) is 0.308. The molecule has 0 aromatic heterocycles. The van der Waals surface area contributed by atoms with Gasteiger partial charge in [0.05, 0.1) is 25.7 Å². The molecule has 0 aliphatic heterocycles. The molecule has 0 fully saturated rings. The Morgan fingerprint density at radius 1 is 1.61 bits per heavy atom. The molecule has 0 aliphatic carbocycles. The summed E-state index contributed by atoms with van der Waals surface area (Å²) < 4.78 is 6.35. The first kappa shape index (κ1) is 14.7. The van der Waals surface area contributed by atoms with Gasteiger partial charge in [-0.2, -0.15) is 0 Å². The summed E-state index contributed by atoms with van der Waals surface area (Å²) in [6.45, 7) is 3.65. The van der Waals surface area contributed by atoms with Gasteiger partial charge in [0, 0.05) is 4.47 Å². The van der Waals surface area contributed by atoms with Crippen LogP contribution < -0.4 is 10.1 Å². The maximum absolute atomic E-state index is 11.5. The molecule has 0 spiro atoms. The Hall–Kier alpha value is -1.33. The molecule has 1 aromatic carbocycles. The summed E-state index contributed by atoms with van der Waals surface area (Å²) in [6, 6.07) is 7.01. The smallest absolute Gasteiger partial charge is 0.223 e. The van der Waals surface area contributed by atoms with E-state index >= 15 is 0 Å². The van der Waals surface area contributed by atoms with Gasteiger partial charge >= 0.3 is 0 Å². The molecule has 18 heavy (non-hydrogen) atoms. The third-order valence-corrected chi connectivity index (χ3v) is 2.71. The summed E-state index contributed by atoms with van der Waals surface area (Å²) in [7, 11) is 0. The molecule has 0 saturated carbocycles. The van der Waals surface area contributed by atoms with Crippen molar-refractivity contribution in [3.63, 3.8) is 0 Å². The summed E-state index contributed by atoms with van der Waals surface area (Å²) >= 11 is 3.34. The standard InChI is InChI=1S/C13H16BrNO3/c1-2-11(9-16)15-13(17)6-7-18-12-5-3-4-10(14)8-12/h2-5,8,11,16H,1,6-7,9H2,(H,15,17)/t11-/m1/s1. The Balaban J connectivity index is 2.29. The normalized spacial score (nSPS) is 11.7. The molecule has 5 heteroatoms. The first-order valence-corrected chi connectivity index (χ1v) is 6.36. The molecule has 1 rings (SSSR count). The van der Waals surface area contributed by atoms with Gasteiger partial charge < -0.3 is 15.2 Å². The van der Waals surface area contributed by atoms with E-state index in [1.807, 2.05) is 24.3 Å². The number of ether oxygens (including phenoxy) is 1. The zero-order valence-electron chi connectivity index (χ0n) is 9.93. The van der Waals surface area contributed by atoms with E-state index in [2.05, 4.69) is 27.8 Å². The van der Waals surface area contributed by atoms with Crippen LogP contribution in [0.25, 0.3) is 0 Å². The molecule has 0 radical (unpaired) electrons. The van der Waals surface area contributed by atoms with Crippen molar-refractivity contribution in [1.29, 1.82) is 0 Å². The Kier molecular flexibility index (Phi) is 6.46. The first-order chi connectivity index (χ1) is 8.65. The van der Waals surface area contributed by atoms with E-state index in [-0.39, 0.29) is 25.5 Å². The van der Waals surface area contributed by atoms with Crippen LogP contribution in [0.4, 0.5) is 0 Å². The van der Waals surface area contributed by atoms with Crippen molar-refractivity contribution < 1.29 is 14.6 Å². The second-order valence-electron chi connectivity index (χ2n) is 3.65. The summed E-state index contributed by atoms with van der Waals surface area (Å²) in [4.78, 5) is 11.5. The Morgan fingerprint density at radius 3 is 3.00 bits per heavy atom. The molecule has 0 bridgehead atoms. The molecular formula is C13H16BrNO3. The molecule has 4 nitrogen and oxygen atoms in total. The van der Waals surface area contributed by atoms with E-state index in [1.54, 1.807) is 0 Å². The Labute approximate surface area is 115 Å². The van der Waals surface area contributed by atoms with E-state index in [0.717, 1.165) is 4.47 Å². The van der Waals surface area contributed by atoms with Crippen molar-refractivity contribution in [2.75, 3.05) is 13.2 Å². The summed E-state index contributed by atoms with van der Waals surface area (Å²) in [6.07, 6.45) is 1.73. The van der Waals surface area contributed by atoms with Crippen molar-refractivity contribution in [2.24, 2.45) is 0 Å². The highest BCUT2D eigenvalue weighted by atomic mass is 79.9. The average Bonchev–Trinajstić information content (AvgIpc) is 2.36. The predicted octanol–water partition coefficient (Wildman–Crippen LogP) is 1.88. The fourth-order valence-corrected chi connectivity index (χ4v) is 1.65. The van der Waals surface area contributed by atoms with Crippen molar-refractivity contribution >= 4 is 21.8 Å². The molecule has 0 saturated heterocycles. The lowest BCUT2D eigenvalue weighted by atomic mass is 10.3.